The first-order valence-electron chi connectivity index (χ1n) is 2.57. The summed E-state index contributed by atoms with van der Waals surface area (Å²) in [6.07, 6.45) is 3.44. The standard InChI is InChI=1S/C4H6NO5P.2Na/c6-11(7,8)10-4-1-2-9-5-3-4;;/h1-3,5H,(H2,6,7,8);;/q;2*+1/p-2. The van der Waals surface area contributed by atoms with Gasteiger partial charge >= 0.3 is 59.1 Å². The molecule has 6 nitrogen and oxygen atoms in total. The number of phosphoric ester groups is 1. The van der Waals surface area contributed by atoms with Crippen molar-refractivity contribution in [3.05, 3.63) is 24.3 Å². The Kier molecular flexibility index (Phi) is 9.29. The molecule has 0 aliphatic carbocycles. The van der Waals surface area contributed by atoms with Crippen LogP contribution in [-0.4, -0.2) is 0 Å². The fourth-order valence-electron chi connectivity index (χ4n) is 0.466. The molecule has 0 radical (unpaired) electrons. The van der Waals surface area contributed by atoms with Crippen molar-refractivity contribution in [2.24, 2.45) is 0 Å². The smallest absolute Gasteiger partial charge is 0.780 e. The first kappa shape index (κ1) is 16.5. The molecule has 0 saturated heterocycles. The summed E-state index contributed by atoms with van der Waals surface area (Å²) < 4.78 is 14.0. The van der Waals surface area contributed by atoms with Crippen molar-refractivity contribution >= 4 is 7.82 Å². The van der Waals surface area contributed by atoms with Gasteiger partial charge in [0.05, 0.1) is 6.20 Å². The molecule has 1 rings (SSSR count). The van der Waals surface area contributed by atoms with Gasteiger partial charge in [0.15, 0.2) is 0 Å². The third-order valence-corrected chi connectivity index (χ3v) is 1.22. The molecule has 9 heteroatoms. The normalized spacial score (nSPS) is 13.8. The van der Waals surface area contributed by atoms with E-state index in [0.29, 0.717) is 0 Å². The van der Waals surface area contributed by atoms with E-state index >= 15 is 0 Å². The monoisotopic (exact) mass is 223 g/mol. The minimum atomic E-state index is -4.95. The third-order valence-electron chi connectivity index (χ3n) is 0.787. The Labute approximate surface area is 119 Å². The Bertz CT molecular complexity index is 249. The molecule has 0 aromatic carbocycles. The van der Waals surface area contributed by atoms with E-state index in [1.807, 2.05) is 0 Å². The van der Waals surface area contributed by atoms with Crippen molar-refractivity contribution in [3.63, 3.8) is 0 Å². The van der Waals surface area contributed by atoms with Crippen molar-refractivity contribution in [3.8, 4) is 0 Å². The van der Waals surface area contributed by atoms with Crippen LogP contribution in [0.3, 0.4) is 0 Å². The number of rotatable bonds is 2. The summed E-state index contributed by atoms with van der Waals surface area (Å²) in [5.74, 6) is -0.107. The molecule has 1 N–H and O–H groups in total. The minimum absolute atomic E-state index is 0. The molecule has 0 aromatic rings. The first-order valence-corrected chi connectivity index (χ1v) is 4.03. The zero-order chi connectivity index (χ0) is 8.32. The van der Waals surface area contributed by atoms with Crippen LogP contribution < -0.4 is 74.4 Å². The van der Waals surface area contributed by atoms with Crippen molar-refractivity contribution in [2.45, 2.75) is 0 Å². The van der Waals surface area contributed by atoms with Crippen molar-refractivity contribution in [1.82, 2.24) is 5.48 Å². The molecule has 62 valence electrons. The second kappa shape index (κ2) is 7.34. The van der Waals surface area contributed by atoms with Crippen LogP contribution in [0.15, 0.2) is 24.3 Å². The number of hydrogen-bond acceptors (Lipinski definition) is 6. The molecule has 1 heterocycles. The van der Waals surface area contributed by atoms with Crippen LogP contribution in [0.1, 0.15) is 0 Å². The Hall–Kier alpha value is 1.03. The maximum atomic E-state index is 10.0. The van der Waals surface area contributed by atoms with Gasteiger partial charge in [0, 0.05) is 6.08 Å². The number of phosphoric acid groups is 1. The molecule has 0 fully saturated rings. The summed E-state index contributed by atoms with van der Waals surface area (Å²) in [4.78, 5) is 24.4. The van der Waals surface area contributed by atoms with Crippen LogP contribution in [0.5, 0.6) is 0 Å². The van der Waals surface area contributed by atoms with Crippen LogP contribution in [0.4, 0.5) is 0 Å². The van der Waals surface area contributed by atoms with Gasteiger partial charge in [-0.05, 0) is 0 Å². The Balaban J connectivity index is 0. The number of hydroxylamine groups is 1. The maximum absolute atomic E-state index is 10.0. The van der Waals surface area contributed by atoms with Crippen LogP contribution in [0.2, 0.25) is 0 Å². The van der Waals surface area contributed by atoms with Gasteiger partial charge in [0.25, 0.3) is 0 Å². The van der Waals surface area contributed by atoms with Gasteiger partial charge in [-0.2, -0.15) is 0 Å². The average molecular weight is 223 g/mol. The second-order valence-corrected chi connectivity index (χ2v) is 2.70. The Morgan fingerprint density at radius 2 is 2.08 bits per heavy atom. The number of allylic oxidation sites excluding steroid dienone is 1. The molecule has 13 heavy (non-hydrogen) atoms. The quantitative estimate of drug-likeness (QED) is 0.369. The predicted octanol–water partition coefficient (Wildman–Crippen LogP) is -7.27. The molecule has 1 aliphatic heterocycles. The van der Waals surface area contributed by atoms with Crippen LogP contribution in [-0.2, 0) is 13.9 Å². The molecule has 0 spiro atoms. The maximum Gasteiger partial charge on any atom is 1.00 e. The Morgan fingerprint density at radius 3 is 2.46 bits per heavy atom. The van der Waals surface area contributed by atoms with Gasteiger partial charge in [-0.25, -0.2) is 5.48 Å². The topological polar surface area (TPSA) is 93.7 Å². The van der Waals surface area contributed by atoms with E-state index in [4.69, 9.17) is 0 Å². The zero-order valence-corrected chi connectivity index (χ0v) is 12.1. The van der Waals surface area contributed by atoms with Crippen molar-refractivity contribution in [2.75, 3.05) is 0 Å². The molecular formula is C4H4NNa2O5P. The largest absolute Gasteiger partial charge is 1.00 e. The van der Waals surface area contributed by atoms with Gasteiger partial charge in [-0.15, -0.1) is 0 Å². The van der Waals surface area contributed by atoms with Gasteiger partial charge in [-0.3, -0.25) is 0 Å². The molecule has 0 aromatic heterocycles. The summed E-state index contributed by atoms with van der Waals surface area (Å²) in [6, 6.07) is 0. The summed E-state index contributed by atoms with van der Waals surface area (Å²) in [5, 5.41) is 0. The minimum Gasteiger partial charge on any atom is -0.780 e. The second-order valence-electron chi connectivity index (χ2n) is 1.62. The zero-order valence-electron chi connectivity index (χ0n) is 7.22. The van der Waals surface area contributed by atoms with Crippen LogP contribution >= 0.6 is 7.82 Å². The van der Waals surface area contributed by atoms with E-state index in [9.17, 15) is 14.4 Å². The molecular weight excluding hydrogens is 219 g/mol. The van der Waals surface area contributed by atoms with Gasteiger partial charge < -0.3 is 23.7 Å². The molecule has 0 unspecified atom stereocenters. The van der Waals surface area contributed by atoms with E-state index in [2.05, 4.69) is 14.8 Å². The van der Waals surface area contributed by atoms with Gasteiger partial charge in [0.2, 0.25) is 0 Å². The van der Waals surface area contributed by atoms with Crippen molar-refractivity contribution in [1.29, 1.82) is 0 Å². The molecule has 1 aliphatic rings. The predicted molar refractivity (Wildman–Crippen MR) is 30.1 cm³/mol. The SMILES string of the molecule is O=P([O-])([O-])OC1=CNOC=C1.[Na+].[Na+]. The first-order chi connectivity index (χ1) is 5.08. The van der Waals surface area contributed by atoms with E-state index in [-0.39, 0.29) is 64.9 Å². The van der Waals surface area contributed by atoms with Crippen molar-refractivity contribution < 1.29 is 82.8 Å². The number of nitrogens with one attached hydrogen (secondary N) is 1. The molecule has 0 amide bonds. The fourth-order valence-corrected chi connectivity index (χ4v) is 0.838. The number of hydrogen-bond donors (Lipinski definition) is 1. The molecule has 0 saturated carbocycles. The summed E-state index contributed by atoms with van der Waals surface area (Å²) >= 11 is 0. The fraction of sp³-hybridized carbons (Fsp3) is 0. The van der Waals surface area contributed by atoms with Gasteiger partial charge in [-0.1, -0.05) is 0 Å². The Morgan fingerprint density at radius 1 is 1.46 bits per heavy atom. The van der Waals surface area contributed by atoms with E-state index in [0.717, 1.165) is 12.5 Å². The van der Waals surface area contributed by atoms with Gasteiger partial charge in [0.1, 0.15) is 19.8 Å². The average Bonchev–Trinajstić information content (AvgIpc) is 1.85. The van der Waals surface area contributed by atoms with E-state index in [1.54, 1.807) is 0 Å². The van der Waals surface area contributed by atoms with E-state index < -0.39 is 7.82 Å². The summed E-state index contributed by atoms with van der Waals surface area (Å²) in [5.41, 5.74) is 2.18. The van der Waals surface area contributed by atoms with Crippen LogP contribution in [0, 0.1) is 0 Å². The third kappa shape index (κ3) is 8.05. The van der Waals surface area contributed by atoms with E-state index in [1.165, 1.54) is 6.08 Å². The van der Waals surface area contributed by atoms with Crippen LogP contribution in [0.25, 0.3) is 0 Å². The summed E-state index contributed by atoms with van der Waals surface area (Å²) in [7, 11) is -4.95. The molecule has 0 bridgehead atoms. The molecule has 0 atom stereocenters. The summed E-state index contributed by atoms with van der Waals surface area (Å²) in [6.45, 7) is 0.